The molecule has 0 radical (unpaired) electrons. The van der Waals surface area contributed by atoms with Gasteiger partial charge < -0.3 is 4.74 Å². The van der Waals surface area contributed by atoms with Crippen molar-refractivity contribution in [1.82, 2.24) is 0 Å². The van der Waals surface area contributed by atoms with Crippen LogP contribution in [0.1, 0.15) is 96.8 Å². The molecule has 0 N–H and O–H groups in total. The third-order valence-corrected chi connectivity index (χ3v) is 5.16. The third-order valence-electron chi connectivity index (χ3n) is 5.16. The van der Waals surface area contributed by atoms with Crippen molar-refractivity contribution in [3.8, 4) is 0 Å². The molecule has 0 saturated heterocycles. The lowest BCUT2D eigenvalue weighted by molar-refractivity contribution is -0.140. The van der Waals surface area contributed by atoms with Gasteiger partial charge in [-0.1, -0.05) is 84.0 Å². The molecule has 0 aromatic heterocycles. The van der Waals surface area contributed by atoms with Gasteiger partial charge in [0.05, 0.1) is 7.11 Å². The van der Waals surface area contributed by atoms with Crippen molar-refractivity contribution >= 4 is 5.97 Å². The fourth-order valence-electron chi connectivity index (χ4n) is 3.90. The molecule has 0 spiro atoms. The normalized spacial score (nSPS) is 22.2. The number of hydrogen-bond acceptors (Lipinski definition) is 2. The maximum atomic E-state index is 11.0. The molecular weight excluding hydrogens is 260 g/mol. The van der Waals surface area contributed by atoms with Crippen LogP contribution in [0.4, 0.5) is 0 Å². The molecule has 124 valence electrons. The second-order valence-electron chi connectivity index (χ2n) is 6.83. The van der Waals surface area contributed by atoms with E-state index in [1.54, 1.807) is 0 Å². The van der Waals surface area contributed by atoms with Gasteiger partial charge in [-0.05, 0) is 18.3 Å². The summed E-state index contributed by atoms with van der Waals surface area (Å²) in [6.07, 6.45) is 18.4. The van der Waals surface area contributed by atoms with Gasteiger partial charge in [0.25, 0.3) is 0 Å². The zero-order valence-electron chi connectivity index (χ0n) is 14.4. The van der Waals surface area contributed by atoms with Crippen molar-refractivity contribution in [2.24, 2.45) is 11.8 Å². The van der Waals surface area contributed by atoms with Crippen molar-refractivity contribution in [3.63, 3.8) is 0 Å². The topological polar surface area (TPSA) is 26.3 Å². The maximum Gasteiger partial charge on any atom is 0.305 e. The summed E-state index contributed by atoms with van der Waals surface area (Å²) < 4.78 is 4.65. The summed E-state index contributed by atoms with van der Waals surface area (Å²) >= 11 is 0. The summed E-state index contributed by atoms with van der Waals surface area (Å²) in [5.74, 6) is 2.00. The van der Waals surface area contributed by atoms with Gasteiger partial charge in [0.2, 0.25) is 0 Å². The van der Waals surface area contributed by atoms with Gasteiger partial charge in [0.15, 0.2) is 0 Å². The largest absolute Gasteiger partial charge is 0.469 e. The van der Waals surface area contributed by atoms with Crippen LogP contribution >= 0.6 is 0 Å². The smallest absolute Gasteiger partial charge is 0.305 e. The Hall–Kier alpha value is -0.530. The first-order chi connectivity index (χ1) is 10.3. The van der Waals surface area contributed by atoms with Crippen LogP contribution in [0, 0.1) is 11.8 Å². The van der Waals surface area contributed by atoms with Gasteiger partial charge in [-0.25, -0.2) is 0 Å². The molecule has 1 rings (SSSR count). The van der Waals surface area contributed by atoms with Gasteiger partial charge in [0, 0.05) is 6.42 Å². The molecule has 2 heteroatoms. The van der Waals surface area contributed by atoms with E-state index in [-0.39, 0.29) is 5.97 Å². The highest BCUT2D eigenvalue weighted by Gasteiger charge is 2.23. The fourth-order valence-corrected chi connectivity index (χ4v) is 3.90. The molecular formula is C19H36O2. The molecule has 0 aromatic rings. The van der Waals surface area contributed by atoms with Crippen molar-refractivity contribution in [2.45, 2.75) is 96.8 Å². The Kier molecular flexibility index (Phi) is 10.6. The number of unbranched alkanes of at least 4 members (excludes halogenated alkanes) is 5. The number of methoxy groups -OCH3 is 1. The van der Waals surface area contributed by atoms with Crippen LogP contribution in [-0.2, 0) is 9.53 Å². The summed E-state index contributed by atoms with van der Waals surface area (Å²) in [6, 6.07) is 0. The molecule has 2 atom stereocenters. The molecule has 1 aliphatic carbocycles. The lowest BCUT2D eigenvalue weighted by Gasteiger charge is -2.31. The standard InChI is InChI=1S/C19H36O2/c1-3-12-17-14-10-11-15-18(17)13-8-6-4-5-7-9-16-19(20)21-2/h17-18H,3-16H2,1-2H3/t17-,18+/m0/s1. The minimum atomic E-state index is -0.0609. The monoisotopic (exact) mass is 296 g/mol. The first kappa shape index (κ1) is 18.5. The van der Waals surface area contributed by atoms with Gasteiger partial charge in [-0.3, -0.25) is 4.79 Å². The SMILES string of the molecule is CCC[C@H]1CCCC[C@H]1CCCCCCCCC(=O)OC. The van der Waals surface area contributed by atoms with Crippen LogP contribution in [0.25, 0.3) is 0 Å². The first-order valence-electron chi connectivity index (χ1n) is 9.34. The average molecular weight is 296 g/mol. The van der Waals surface area contributed by atoms with Crippen molar-refractivity contribution in [2.75, 3.05) is 7.11 Å². The zero-order chi connectivity index (χ0) is 15.3. The molecule has 1 fully saturated rings. The molecule has 2 nitrogen and oxygen atoms in total. The van der Waals surface area contributed by atoms with E-state index in [4.69, 9.17) is 0 Å². The second-order valence-corrected chi connectivity index (χ2v) is 6.83. The third kappa shape index (κ3) is 8.48. The Morgan fingerprint density at radius 1 is 0.905 bits per heavy atom. The van der Waals surface area contributed by atoms with Crippen molar-refractivity contribution < 1.29 is 9.53 Å². The van der Waals surface area contributed by atoms with Gasteiger partial charge >= 0.3 is 5.97 Å². The number of hydrogen-bond donors (Lipinski definition) is 0. The molecule has 0 aromatic carbocycles. The summed E-state index contributed by atoms with van der Waals surface area (Å²) in [4.78, 5) is 11.0. The van der Waals surface area contributed by atoms with E-state index < -0.39 is 0 Å². The number of carbonyl (C=O) groups is 1. The Morgan fingerprint density at radius 3 is 2.10 bits per heavy atom. The fraction of sp³-hybridized carbons (Fsp3) is 0.947. The maximum absolute atomic E-state index is 11.0. The van der Waals surface area contributed by atoms with Crippen LogP contribution in [0.5, 0.6) is 0 Å². The molecule has 0 bridgehead atoms. The van der Waals surface area contributed by atoms with E-state index in [1.807, 2.05) is 0 Å². The van der Waals surface area contributed by atoms with Gasteiger partial charge in [0.1, 0.15) is 0 Å². The van der Waals surface area contributed by atoms with Crippen LogP contribution in [0.15, 0.2) is 0 Å². The van der Waals surface area contributed by atoms with Crippen molar-refractivity contribution in [3.05, 3.63) is 0 Å². The lowest BCUT2D eigenvalue weighted by Crippen LogP contribution is -2.19. The molecule has 0 unspecified atom stereocenters. The van der Waals surface area contributed by atoms with E-state index in [9.17, 15) is 4.79 Å². The van der Waals surface area contributed by atoms with E-state index >= 15 is 0 Å². The Balaban J connectivity index is 1.96. The predicted octanol–water partition coefficient (Wildman–Crippen LogP) is 5.89. The zero-order valence-corrected chi connectivity index (χ0v) is 14.4. The van der Waals surface area contributed by atoms with E-state index in [2.05, 4.69) is 11.7 Å². The molecule has 21 heavy (non-hydrogen) atoms. The average Bonchev–Trinajstić information content (AvgIpc) is 2.51. The molecule has 0 heterocycles. The number of ether oxygens (including phenoxy) is 1. The first-order valence-corrected chi connectivity index (χ1v) is 9.34. The van der Waals surface area contributed by atoms with E-state index in [0.717, 1.165) is 18.3 Å². The van der Waals surface area contributed by atoms with Crippen LogP contribution in [0.3, 0.4) is 0 Å². The predicted molar refractivity (Wildman–Crippen MR) is 89.3 cm³/mol. The summed E-state index contributed by atoms with van der Waals surface area (Å²) in [7, 11) is 1.47. The van der Waals surface area contributed by atoms with Gasteiger partial charge in [-0.15, -0.1) is 0 Å². The van der Waals surface area contributed by atoms with Crippen LogP contribution < -0.4 is 0 Å². The summed E-state index contributed by atoms with van der Waals surface area (Å²) in [5.41, 5.74) is 0. The Bertz CT molecular complexity index is 260. The highest BCUT2D eigenvalue weighted by molar-refractivity contribution is 5.68. The number of esters is 1. The summed E-state index contributed by atoms with van der Waals surface area (Å²) in [6.45, 7) is 2.33. The Morgan fingerprint density at radius 2 is 1.48 bits per heavy atom. The molecule has 1 aliphatic rings. The second kappa shape index (κ2) is 12.1. The van der Waals surface area contributed by atoms with Crippen LogP contribution in [-0.4, -0.2) is 13.1 Å². The number of carbonyl (C=O) groups excluding carboxylic acids is 1. The molecule has 0 aliphatic heterocycles. The van der Waals surface area contributed by atoms with E-state index in [1.165, 1.54) is 84.2 Å². The van der Waals surface area contributed by atoms with E-state index in [0.29, 0.717) is 6.42 Å². The molecule has 0 amide bonds. The Labute approximate surface area is 132 Å². The highest BCUT2D eigenvalue weighted by atomic mass is 16.5. The lowest BCUT2D eigenvalue weighted by atomic mass is 9.75. The van der Waals surface area contributed by atoms with Crippen molar-refractivity contribution in [1.29, 1.82) is 0 Å². The minimum Gasteiger partial charge on any atom is -0.469 e. The van der Waals surface area contributed by atoms with Crippen LogP contribution in [0.2, 0.25) is 0 Å². The quantitative estimate of drug-likeness (QED) is 0.351. The highest BCUT2D eigenvalue weighted by Crippen LogP contribution is 2.36. The summed E-state index contributed by atoms with van der Waals surface area (Å²) in [5, 5.41) is 0. The minimum absolute atomic E-state index is 0.0609. The van der Waals surface area contributed by atoms with Gasteiger partial charge in [-0.2, -0.15) is 0 Å². The molecule has 1 saturated carbocycles. The number of rotatable bonds is 11.